The van der Waals surface area contributed by atoms with Crippen molar-refractivity contribution in [3.63, 3.8) is 0 Å². The monoisotopic (exact) mass is 467 g/mol. The van der Waals surface area contributed by atoms with E-state index in [0.717, 1.165) is 10.7 Å². The fourth-order valence-electron chi connectivity index (χ4n) is 3.33. The Balaban J connectivity index is 2.01. The van der Waals surface area contributed by atoms with E-state index in [0.29, 0.717) is 40.4 Å². The Morgan fingerprint density at radius 1 is 1.06 bits per heavy atom. The summed E-state index contributed by atoms with van der Waals surface area (Å²) in [6, 6.07) is 11.2. The van der Waals surface area contributed by atoms with E-state index in [2.05, 4.69) is 9.82 Å². The molecule has 0 amide bonds. The van der Waals surface area contributed by atoms with E-state index in [1.54, 1.807) is 49.4 Å². The number of benzene rings is 2. The van der Waals surface area contributed by atoms with Gasteiger partial charge in [-0.3, -0.25) is 4.72 Å². The van der Waals surface area contributed by atoms with Crippen molar-refractivity contribution in [3.05, 3.63) is 53.6 Å². The molecule has 0 saturated heterocycles. The number of methoxy groups -OCH3 is 2. The molecule has 0 aliphatic carbocycles. The summed E-state index contributed by atoms with van der Waals surface area (Å²) in [7, 11) is -3.99. The van der Waals surface area contributed by atoms with Gasteiger partial charge >= 0.3 is 0 Å². The summed E-state index contributed by atoms with van der Waals surface area (Å²) in [5.41, 5.74) is 2.32. The molecule has 1 unspecified atom stereocenters. The van der Waals surface area contributed by atoms with Crippen LogP contribution in [0.3, 0.4) is 0 Å². The predicted octanol–water partition coefficient (Wildman–Crippen LogP) is 2.58. The molecule has 2 aromatic carbocycles. The summed E-state index contributed by atoms with van der Waals surface area (Å²) >= 11 is 0. The molecule has 0 aromatic heterocycles. The molecule has 0 fully saturated rings. The first kappa shape index (κ1) is 22.9. The number of anilines is 1. The van der Waals surface area contributed by atoms with E-state index in [9.17, 15) is 16.8 Å². The quantitative estimate of drug-likeness (QED) is 0.638. The number of ether oxygens (including phenoxy) is 2. The van der Waals surface area contributed by atoms with E-state index < -0.39 is 26.1 Å². The SMILES string of the molecule is CCS(=O)(=O)N1N=C(c2ccc(NS(C)(=O)=O)cc2)CC1c1cc(OC)ccc1OC. The molecule has 1 N–H and O–H groups in total. The van der Waals surface area contributed by atoms with Crippen LogP contribution in [0.15, 0.2) is 47.6 Å². The van der Waals surface area contributed by atoms with Gasteiger partial charge in [-0.1, -0.05) is 12.1 Å². The lowest BCUT2D eigenvalue weighted by Crippen LogP contribution is -2.28. The van der Waals surface area contributed by atoms with Gasteiger partial charge in [0.05, 0.1) is 38.0 Å². The van der Waals surface area contributed by atoms with Gasteiger partial charge < -0.3 is 9.47 Å². The van der Waals surface area contributed by atoms with E-state index in [4.69, 9.17) is 9.47 Å². The summed E-state index contributed by atoms with van der Waals surface area (Å²) in [6.45, 7) is 1.56. The van der Waals surface area contributed by atoms with E-state index >= 15 is 0 Å². The zero-order chi connectivity index (χ0) is 22.8. The molecule has 2 aromatic rings. The van der Waals surface area contributed by atoms with Crippen molar-refractivity contribution in [1.29, 1.82) is 0 Å². The third-order valence-electron chi connectivity index (χ3n) is 4.84. The number of sulfonamides is 2. The molecule has 1 heterocycles. The topological polar surface area (TPSA) is 114 Å². The van der Waals surface area contributed by atoms with Gasteiger partial charge in [0, 0.05) is 17.7 Å². The number of nitrogens with zero attached hydrogens (tertiary/aromatic N) is 2. The zero-order valence-corrected chi connectivity index (χ0v) is 19.3. The zero-order valence-electron chi connectivity index (χ0n) is 17.7. The molecule has 0 spiro atoms. The number of hydrogen-bond donors (Lipinski definition) is 1. The minimum Gasteiger partial charge on any atom is -0.497 e. The van der Waals surface area contributed by atoms with Crippen LogP contribution < -0.4 is 14.2 Å². The molecule has 31 heavy (non-hydrogen) atoms. The molecule has 0 saturated carbocycles. The van der Waals surface area contributed by atoms with Gasteiger partial charge in [-0.05, 0) is 42.8 Å². The molecule has 1 aliphatic rings. The van der Waals surface area contributed by atoms with Gasteiger partial charge in [0.2, 0.25) is 20.0 Å². The first-order valence-electron chi connectivity index (χ1n) is 9.47. The average Bonchev–Trinajstić information content (AvgIpc) is 3.19. The lowest BCUT2D eigenvalue weighted by Gasteiger charge is -2.24. The van der Waals surface area contributed by atoms with E-state index in [1.165, 1.54) is 14.2 Å². The first-order chi connectivity index (χ1) is 14.6. The van der Waals surface area contributed by atoms with Crippen molar-refractivity contribution in [1.82, 2.24) is 4.41 Å². The molecule has 0 bridgehead atoms. The smallest absolute Gasteiger partial charge is 0.250 e. The van der Waals surface area contributed by atoms with Gasteiger partial charge in [-0.25, -0.2) is 16.8 Å². The highest BCUT2D eigenvalue weighted by Crippen LogP contribution is 2.40. The van der Waals surface area contributed by atoms with Crippen molar-refractivity contribution in [3.8, 4) is 11.5 Å². The Labute approximate surface area is 182 Å². The van der Waals surface area contributed by atoms with Crippen LogP contribution in [0.4, 0.5) is 5.69 Å². The van der Waals surface area contributed by atoms with Gasteiger partial charge in [0.15, 0.2) is 0 Å². The van der Waals surface area contributed by atoms with Crippen molar-refractivity contribution in [2.45, 2.75) is 19.4 Å². The molecule has 1 aliphatic heterocycles. The molecule has 11 heteroatoms. The fraction of sp³-hybridized carbons (Fsp3) is 0.350. The standard InChI is InChI=1S/C20H25N3O6S2/c1-5-31(26,27)23-19(17-12-16(28-2)10-11-20(17)29-3)13-18(21-23)14-6-8-15(9-7-14)22-30(4,24)25/h6-12,19,22H,5,13H2,1-4H3. The third-order valence-corrected chi connectivity index (χ3v) is 7.08. The predicted molar refractivity (Wildman–Crippen MR) is 120 cm³/mol. The second kappa shape index (κ2) is 8.75. The molecular weight excluding hydrogens is 442 g/mol. The number of hydrazone groups is 1. The molecule has 0 radical (unpaired) electrons. The van der Waals surface area contributed by atoms with E-state index in [1.807, 2.05) is 0 Å². The highest BCUT2D eigenvalue weighted by molar-refractivity contribution is 7.92. The van der Waals surface area contributed by atoms with Crippen LogP contribution in [-0.2, 0) is 20.0 Å². The first-order valence-corrected chi connectivity index (χ1v) is 13.0. The minimum absolute atomic E-state index is 0.107. The maximum Gasteiger partial charge on any atom is 0.250 e. The Kier molecular flexibility index (Phi) is 6.46. The number of rotatable bonds is 8. The van der Waals surface area contributed by atoms with Crippen LogP contribution >= 0.6 is 0 Å². The number of hydrogen-bond acceptors (Lipinski definition) is 7. The Morgan fingerprint density at radius 2 is 1.74 bits per heavy atom. The normalized spacial score (nSPS) is 16.7. The van der Waals surface area contributed by atoms with Crippen LogP contribution in [-0.4, -0.2) is 53.2 Å². The maximum absolute atomic E-state index is 12.8. The van der Waals surface area contributed by atoms with Gasteiger partial charge in [0.1, 0.15) is 11.5 Å². The molecule has 1 atom stereocenters. The third kappa shape index (κ3) is 5.10. The summed E-state index contributed by atoms with van der Waals surface area (Å²) in [4.78, 5) is 0. The lowest BCUT2D eigenvalue weighted by atomic mass is 9.98. The van der Waals surface area contributed by atoms with Crippen molar-refractivity contribution < 1.29 is 26.3 Å². The molecule has 3 rings (SSSR count). The molecule has 9 nitrogen and oxygen atoms in total. The maximum atomic E-state index is 12.8. The molecule has 168 valence electrons. The summed E-state index contributed by atoms with van der Waals surface area (Å²) < 4.78 is 62.7. The highest BCUT2D eigenvalue weighted by Gasteiger charge is 2.37. The van der Waals surface area contributed by atoms with Crippen LogP contribution in [0.2, 0.25) is 0 Å². The Hall–Kier alpha value is -2.79. The van der Waals surface area contributed by atoms with Crippen molar-refractivity contribution >= 4 is 31.4 Å². The summed E-state index contributed by atoms with van der Waals surface area (Å²) in [5.74, 6) is 1.00. The van der Waals surface area contributed by atoms with Crippen LogP contribution in [0.25, 0.3) is 0 Å². The van der Waals surface area contributed by atoms with Gasteiger partial charge in [0.25, 0.3) is 0 Å². The number of nitrogens with one attached hydrogen (secondary N) is 1. The van der Waals surface area contributed by atoms with Crippen LogP contribution in [0.1, 0.15) is 30.5 Å². The Morgan fingerprint density at radius 3 is 2.29 bits per heavy atom. The second-order valence-electron chi connectivity index (χ2n) is 7.00. The van der Waals surface area contributed by atoms with E-state index in [-0.39, 0.29) is 5.75 Å². The van der Waals surface area contributed by atoms with Crippen molar-refractivity contribution in [2.24, 2.45) is 5.10 Å². The van der Waals surface area contributed by atoms with Crippen molar-refractivity contribution in [2.75, 3.05) is 31.0 Å². The van der Waals surface area contributed by atoms with Gasteiger partial charge in [-0.15, -0.1) is 0 Å². The Bertz CT molecular complexity index is 1190. The second-order valence-corrected chi connectivity index (χ2v) is 10.9. The highest BCUT2D eigenvalue weighted by atomic mass is 32.2. The van der Waals surface area contributed by atoms with Crippen LogP contribution in [0, 0.1) is 0 Å². The summed E-state index contributed by atoms with van der Waals surface area (Å²) in [5, 5.41) is 4.42. The fourth-order valence-corrected chi connectivity index (χ4v) is 4.96. The molecular formula is C20H25N3O6S2. The largest absolute Gasteiger partial charge is 0.497 e. The minimum atomic E-state index is -3.66. The van der Waals surface area contributed by atoms with Gasteiger partial charge in [-0.2, -0.15) is 9.52 Å². The van der Waals surface area contributed by atoms with Crippen LogP contribution in [0.5, 0.6) is 11.5 Å². The lowest BCUT2D eigenvalue weighted by molar-refractivity contribution is 0.347. The summed E-state index contributed by atoms with van der Waals surface area (Å²) in [6.07, 6.45) is 1.39. The average molecular weight is 468 g/mol.